The zero-order valence-corrected chi connectivity index (χ0v) is 19.4. The molecule has 8 nitrogen and oxygen atoms in total. The molecular formula is C24H25ClN4O4. The minimum Gasteiger partial charge on any atom is -0.481 e. The van der Waals surface area contributed by atoms with Crippen LogP contribution in [0.5, 0.6) is 0 Å². The van der Waals surface area contributed by atoms with Gasteiger partial charge in [0.15, 0.2) is 0 Å². The number of aliphatic carboxylic acids is 1. The summed E-state index contributed by atoms with van der Waals surface area (Å²) in [5.74, 6) is -2.03. The summed E-state index contributed by atoms with van der Waals surface area (Å²) < 4.78 is 2.18. The normalized spacial score (nSPS) is 12.5. The minimum absolute atomic E-state index is 0.0314. The Morgan fingerprint density at radius 1 is 1.18 bits per heavy atom. The molecule has 33 heavy (non-hydrogen) atoms. The zero-order valence-electron chi connectivity index (χ0n) is 18.6. The molecule has 0 amide bonds. The number of nitrogens with zero attached hydrogens (tertiary/aromatic N) is 3. The highest BCUT2D eigenvalue weighted by atomic mass is 35.5. The number of carbonyl (C=O) groups is 1. The van der Waals surface area contributed by atoms with E-state index in [9.17, 15) is 19.5 Å². The van der Waals surface area contributed by atoms with Crippen molar-refractivity contribution in [1.82, 2.24) is 14.1 Å². The van der Waals surface area contributed by atoms with Gasteiger partial charge in [-0.25, -0.2) is 19.1 Å². The van der Waals surface area contributed by atoms with Crippen LogP contribution < -0.4 is 17.0 Å². The molecule has 2 aromatic carbocycles. The summed E-state index contributed by atoms with van der Waals surface area (Å²) in [5.41, 5.74) is 2.53. The second-order valence-corrected chi connectivity index (χ2v) is 8.42. The molecule has 0 spiro atoms. The van der Waals surface area contributed by atoms with Crippen LogP contribution in [0.3, 0.4) is 0 Å². The molecule has 1 atom stereocenters. The molecular weight excluding hydrogens is 444 g/mol. The van der Waals surface area contributed by atoms with Gasteiger partial charge >= 0.3 is 17.3 Å². The summed E-state index contributed by atoms with van der Waals surface area (Å²) in [6.07, 6.45) is 0. The summed E-state index contributed by atoms with van der Waals surface area (Å²) in [5, 5.41) is 9.67. The number of rotatable bonds is 7. The number of aromatic nitrogens is 3. The Labute approximate surface area is 195 Å². The highest BCUT2D eigenvalue weighted by Crippen LogP contribution is 2.26. The van der Waals surface area contributed by atoms with Crippen molar-refractivity contribution in [3.05, 3.63) is 97.3 Å². The van der Waals surface area contributed by atoms with E-state index in [1.54, 1.807) is 18.2 Å². The summed E-state index contributed by atoms with van der Waals surface area (Å²) in [7, 11) is 0. The Bertz CT molecular complexity index is 1400. The van der Waals surface area contributed by atoms with Gasteiger partial charge in [0.25, 0.3) is 0 Å². The highest BCUT2D eigenvalue weighted by Gasteiger charge is 2.17. The van der Waals surface area contributed by atoms with Crippen molar-refractivity contribution in [2.75, 3.05) is 0 Å². The number of benzene rings is 2. The molecule has 9 heteroatoms. The number of hydrogen-bond donors (Lipinski definition) is 2. The van der Waals surface area contributed by atoms with Crippen LogP contribution >= 0.6 is 11.6 Å². The zero-order chi connectivity index (χ0) is 24.3. The van der Waals surface area contributed by atoms with E-state index < -0.39 is 23.3 Å². The number of aromatic amines is 1. The molecule has 3 aromatic rings. The van der Waals surface area contributed by atoms with Crippen molar-refractivity contribution in [3.8, 4) is 0 Å². The maximum absolute atomic E-state index is 13.3. The summed E-state index contributed by atoms with van der Waals surface area (Å²) in [6.45, 7) is 8.97. The van der Waals surface area contributed by atoms with Crippen molar-refractivity contribution < 1.29 is 9.90 Å². The van der Waals surface area contributed by atoms with Crippen molar-refractivity contribution in [1.29, 1.82) is 0 Å². The topological polar surface area (TPSA) is 109 Å². The minimum atomic E-state index is -1.10. The Morgan fingerprint density at radius 3 is 2.42 bits per heavy atom. The molecule has 0 fully saturated rings. The van der Waals surface area contributed by atoms with Gasteiger partial charge in [0, 0.05) is 6.54 Å². The fourth-order valence-electron chi connectivity index (χ4n) is 3.22. The maximum atomic E-state index is 13.3. The molecule has 0 saturated heterocycles. The van der Waals surface area contributed by atoms with Crippen LogP contribution in [0, 0.1) is 12.8 Å². The molecule has 0 bridgehead atoms. The van der Waals surface area contributed by atoms with Gasteiger partial charge in [-0.1, -0.05) is 61.0 Å². The quantitative estimate of drug-likeness (QED) is 0.554. The van der Waals surface area contributed by atoms with Crippen LogP contribution in [0.25, 0.3) is 5.57 Å². The van der Waals surface area contributed by atoms with E-state index in [1.165, 1.54) is 11.5 Å². The first-order chi connectivity index (χ1) is 15.6. The van der Waals surface area contributed by atoms with Crippen molar-refractivity contribution in [2.45, 2.75) is 33.9 Å². The molecule has 1 aromatic heterocycles. The monoisotopic (exact) mass is 468 g/mol. The van der Waals surface area contributed by atoms with Crippen LogP contribution in [-0.4, -0.2) is 25.2 Å². The van der Waals surface area contributed by atoms with Crippen molar-refractivity contribution in [2.24, 2.45) is 10.9 Å². The van der Waals surface area contributed by atoms with Crippen LogP contribution in [0.2, 0.25) is 5.02 Å². The lowest BCUT2D eigenvalue weighted by molar-refractivity contribution is -0.141. The Morgan fingerprint density at radius 2 is 1.85 bits per heavy atom. The summed E-state index contributed by atoms with van der Waals surface area (Å²) in [6, 6.07) is 12.7. The fraction of sp³-hybridized carbons (Fsp3) is 0.250. The van der Waals surface area contributed by atoms with Crippen LogP contribution in [0.4, 0.5) is 5.69 Å². The smallest absolute Gasteiger partial charge is 0.335 e. The Kier molecular flexibility index (Phi) is 7.18. The van der Waals surface area contributed by atoms with Gasteiger partial charge < -0.3 is 5.11 Å². The van der Waals surface area contributed by atoms with Crippen LogP contribution in [-0.2, 0) is 17.9 Å². The molecule has 1 heterocycles. The highest BCUT2D eigenvalue weighted by molar-refractivity contribution is 6.32. The van der Waals surface area contributed by atoms with E-state index in [4.69, 9.17) is 11.6 Å². The predicted molar refractivity (Wildman–Crippen MR) is 128 cm³/mol. The predicted octanol–water partition coefficient (Wildman–Crippen LogP) is 3.33. The third-order valence-electron chi connectivity index (χ3n) is 5.17. The molecule has 0 aliphatic heterocycles. The Hall–Kier alpha value is -3.65. The molecule has 0 aliphatic carbocycles. The van der Waals surface area contributed by atoms with Crippen molar-refractivity contribution >= 4 is 28.8 Å². The van der Waals surface area contributed by atoms with Gasteiger partial charge in [0.1, 0.15) is 0 Å². The average Bonchev–Trinajstić information content (AvgIpc) is 2.74. The standard InChI is InChI=1S/C24H25ClN4O4/c1-14(2)19-10-9-18(11-20(19)25)26-22-27-23(32)29(12-16(4)21(30)31)24(33)28(22)13-17-7-5-15(3)6-8-17/h5-11,16H,1,12-13H2,2-4H3,(H,30,31)(H,26,27,32)/t16-/m0/s1. The largest absolute Gasteiger partial charge is 0.481 e. The lowest BCUT2D eigenvalue weighted by atomic mass is 10.1. The second kappa shape index (κ2) is 9.87. The number of H-pyrrole nitrogens is 1. The van der Waals surface area contributed by atoms with E-state index in [0.717, 1.165) is 26.8 Å². The molecule has 0 aliphatic rings. The number of halogens is 1. The van der Waals surface area contributed by atoms with Crippen molar-refractivity contribution in [3.63, 3.8) is 0 Å². The lowest BCUT2D eigenvalue weighted by Gasteiger charge is -2.13. The maximum Gasteiger partial charge on any atom is 0.335 e. The van der Waals surface area contributed by atoms with Gasteiger partial charge in [-0.15, -0.1) is 0 Å². The average molecular weight is 469 g/mol. The van der Waals surface area contributed by atoms with E-state index in [1.807, 2.05) is 38.1 Å². The first-order valence-corrected chi connectivity index (χ1v) is 10.7. The number of nitrogens with one attached hydrogen (secondary N) is 1. The molecule has 0 saturated carbocycles. The fourth-order valence-corrected chi connectivity index (χ4v) is 3.55. The molecule has 0 radical (unpaired) electrons. The first kappa shape index (κ1) is 24.0. The van der Waals surface area contributed by atoms with Gasteiger partial charge in [-0.3, -0.25) is 14.3 Å². The summed E-state index contributed by atoms with van der Waals surface area (Å²) >= 11 is 6.33. The molecule has 3 rings (SSSR count). The van der Waals surface area contributed by atoms with Gasteiger partial charge in [-0.2, -0.15) is 0 Å². The number of allylic oxidation sites excluding steroid dienone is 1. The number of aryl methyl sites for hydroxylation is 1. The molecule has 2 N–H and O–H groups in total. The van der Waals surface area contributed by atoms with Gasteiger partial charge in [-0.05, 0) is 42.7 Å². The first-order valence-electron chi connectivity index (χ1n) is 10.3. The Balaban J connectivity index is 2.20. The van der Waals surface area contributed by atoms with E-state index in [-0.39, 0.29) is 18.7 Å². The van der Waals surface area contributed by atoms with E-state index in [0.29, 0.717) is 10.7 Å². The number of carboxylic acid groups (broad SMARTS) is 1. The SMILES string of the molecule is C=C(C)c1ccc(/N=c2\[nH]c(=O)n(C[C@H](C)C(=O)O)c(=O)n2Cc2ccc(C)cc2)cc1Cl. The number of hydrogen-bond acceptors (Lipinski definition) is 4. The van der Waals surface area contributed by atoms with Gasteiger partial charge in [0.2, 0.25) is 5.62 Å². The molecule has 0 unspecified atom stereocenters. The van der Waals surface area contributed by atoms with Gasteiger partial charge in [0.05, 0.1) is 23.2 Å². The lowest BCUT2D eigenvalue weighted by Crippen LogP contribution is -2.51. The second-order valence-electron chi connectivity index (χ2n) is 8.01. The third kappa shape index (κ3) is 5.59. The van der Waals surface area contributed by atoms with Crippen LogP contribution in [0.1, 0.15) is 30.5 Å². The van der Waals surface area contributed by atoms with E-state index in [2.05, 4.69) is 16.6 Å². The summed E-state index contributed by atoms with van der Waals surface area (Å²) in [4.78, 5) is 44.3. The molecule has 172 valence electrons. The third-order valence-corrected chi connectivity index (χ3v) is 5.48. The van der Waals surface area contributed by atoms with E-state index >= 15 is 0 Å². The number of carboxylic acids is 1. The van der Waals surface area contributed by atoms with Crippen LogP contribution in [0.15, 0.2) is 63.6 Å².